The highest BCUT2D eigenvalue weighted by Crippen LogP contribution is 2.19. The van der Waals surface area contributed by atoms with Crippen LogP contribution in [-0.4, -0.2) is 8.42 Å². The number of hydrogen-bond donors (Lipinski definition) is 2. The summed E-state index contributed by atoms with van der Waals surface area (Å²) in [6.45, 7) is 0.422. The maximum absolute atomic E-state index is 13.8. The fraction of sp³-hybridized carbons (Fsp3) is 0.0769. The average Bonchev–Trinajstić information content (AvgIpc) is 2.36. The van der Waals surface area contributed by atoms with Crippen molar-refractivity contribution in [2.75, 3.05) is 5.32 Å². The van der Waals surface area contributed by atoms with Crippen LogP contribution >= 0.6 is 15.9 Å². The molecule has 0 aromatic heterocycles. The van der Waals surface area contributed by atoms with E-state index in [1.54, 1.807) is 0 Å². The number of benzene rings is 2. The van der Waals surface area contributed by atoms with E-state index in [4.69, 9.17) is 5.14 Å². The quantitative estimate of drug-likeness (QED) is 0.882. The van der Waals surface area contributed by atoms with Gasteiger partial charge in [-0.15, -0.1) is 0 Å². The predicted octanol–water partition coefficient (Wildman–Crippen LogP) is 2.85. The summed E-state index contributed by atoms with van der Waals surface area (Å²) >= 11 is 3.35. The van der Waals surface area contributed by atoms with Gasteiger partial charge >= 0.3 is 0 Å². The molecule has 2 aromatic carbocycles. The van der Waals surface area contributed by atoms with Crippen molar-refractivity contribution in [3.8, 4) is 0 Å². The summed E-state index contributed by atoms with van der Waals surface area (Å²) in [5.74, 6) is -0.661. The number of nitrogens with two attached hydrogens (primary N) is 1. The minimum atomic E-state index is -3.89. The minimum Gasteiger partial charge on any atom is -0.379 e. The van der Waals surface area contributed by atoms with Gasteiger partial charge in [-0.1, -0.05) is 28.1 Å². The smallest absolute Gasteiger partial charge is 0.238 e. The van der Waals surface area contributed by atoms with Crippen LogP contribution in [0.1, 0.15) is 5.56 Å². The van der Waals surface area contributed by atoms with E-state index in [-0.39, 0.29) is 10.6 Å². The Morgan fingerprint density at radius 1 is 1.20 bits per heavy atom. The monoisotopic (exact) mass is 358 g/mol. The highest BCUT2D eigenvalue weighted by atomic mass is 79.9. The van der Waals surface area contributed by atoms with Crippen molar-refractivity contribution in [2.45, 2.75) is 11.4 Å². The van der Waals surface area contributed by atoms with E-state index < -0.39 is 15.8 Å². The third-order valence-electron chi connectivity index (χ3n) is 2.64. The zero-order valence-electron chi connectivity index (χ0n) is 10.3. The molecule has 3 N–H and O–H groups in total. The molecule has 0 unspecified atom stereocenters. The Balaban J connectivity index is 2.15. The summed E-state index contributed by atoms with van der Waals surface area (Å²) in [6.07, 6.45) is 0. The lowest BCUT2D eigenvalue weighted by atomic mass is 10.2. The number of anilines is 1. The first-order valence-corrected chi connectivity index (χ1v) is 8.01. The largest absolute Gasteiger partial charge is 0.379 e. The molecular weight excluding hydrogens is 347 g/mol. The number of sulfonamides is 1. The highest BCUT2D eigenvalue weighted by Gasteiger charge is 2.11. The van der Waals surface area contributed by atoms with Crippen LogP contribution in [0.15, 0.2) is 51.8 Å². The molecule has 0 aliphatic rings. The predicted molar refractivity (Wildman–Crippen MR) is 79.2 cm³/mol. The van der Waals surface area contributed by atoms with Gasteiger partial charge < -0.3 is 5.32 Å². The molecule has 0 amide bonds. The Morgan fingerprint density at radius 2 is 1.95 bits per heavy atom. The molecule has 0 atom stereocenters. The first-order chi connectivity index (χ1) is 9.36. The number of rotatable bonds is 4. The summed E-state index contributed by atoms with van der Waals surface area (Å²) < 4.78 is 36.9. The second-order valence-corrected chi connectivity index (χ2v) is 6.65. The van der Waals surface area contributed by atoms with Crippen molar-refractivity contribution in [1.29, 1.82) is 0 Å². The molecule has 106 valence electrons. The van der Waals surface area contributed by atoms with Crippen LogP contribution in [0.5, 0.6) is 0 Å². The second kappa shape index (κ2) is 5.90. The topological polar surface area (TPSA) is 72.2 Å². The lowest BCUT2D eigenvalue weighted by Crippen LogP contribution is -2.12. The Bertz CT molecular complexity index is 735. The van der Waals surface area contributed by atoms with Crippen LogP contribution in [0, 0.1) is 5.82 Å². The summed E-state index contributed by atoms with van der Waals surface area (Å²) in [5.41, 5.74) is 1.19. The molecule has 0 fully saturated rings. The van der Waals surface area contributed by atoms with Gasteiger partial charge in [0.1, 0.15) is 5.82 Å². The molecule has 0 aliphatic carbocycles. The maximum atomic E-state index is 13.8. The zero-order valence-corrected chi connectivity index (χ0v) is 12.7. The second-order valence-electron chi connectivity index (χ2n) is 4.17. The van der Waals surface area contributed by atoms with Crippen LogP contribution < -0.4 is 10.5 Å². The molecule has 4 nitrogen and oxygen atoms in total. The lowest BCUT2D eigenvalue weighted by molar-refractivity contribution is 0.593. The van der Waals surface area contributed by atoms with E-state index >= 15 is 0 Å². The van der Waals surface area contributed by atoms with Gasteiger partial charge in [-0.3, -0.25) is 0 Å². The van der Waals surface area contributed by atoms with E-state index in [1.165, 1.54) is 12.1 Å². The third kappa shape index (κ3) is 3.78. The Morgan fingerprint density at radius 3 is 2.55 bits per heavy atom. The summed E-state index contributed by atoms with van der Waals surface area (Å²) in [4.78, 5) is -0.247. The van der Waals surface area contributed by atoms with E-state index in [2.05, 4.69) is 21.2 Å². The van der Waals surface area contributed by atoms with Crippen LogP contribution in [0.25, 0.3) is 0 Å². The molecule has 0 bridgehead atoms. The first-order valence-electron chi connectivity index (χ1n) is 5.67. The van der Waals surface area contributed by atoms with Crippen molar-refractivity contribution >= 4 is 31.6 Å². The van der Waals surface area contributed by atoms with Crippen molar-refractivity contribution in [1.82, 2.24) is 0 Å². The molecule has 0 aliphatic heterocycles. The van der Waals surface area contributed by atoms with Gasteiger partial charge in [0.05, 0.1) is 10.6 Å². The minimum absolute atomic E-state index is 0.220. The molecule has 2 rings (SSSR count). The summed E-state index contributed by atoms with van der Waals surface area (Å²) in [6, 6.07) is 11.1. The van der Waals surface area contributed by atoms with E-state index in [1.807, 2.05) is 24.3 Å². The summed E-state index contributed by atoms with van der Waals surface area (Å²) in [7, 11) is -3.89. The SMILES string of the molecule is NS(=O)(=O)c1ccc(NCc2cccc(Br)c2)c(F)c1. The van der Waals surface area contributed by atoms with Gasteiger partial charge in [0, 0.05) is 11.0 Å². The van der Waals surface area contributed by atoms with Crippen molar-refractivity contribution in [3.05, 3.63) is 58.3 Å². The molecular formula is C13H12BrFN2O2S. The Labute approximate surface area is 125 Å². The van der Waals surface area contributed by atoms with Gasteiger partial charge in [-0.25, -0.2) is 17.9 Å². The zero-order chi connectivity index (χ0) is 14.8. The molecule has 0 saturated carbocycles. The number of primary sulfonamides is 1. The Kier molecular flexibility index (Phi) is 4.42. The maximum Gasteiger partial charge on any atom is 0.238 e. The van der Waals surface area contributed by atoms with E-state index in [0.29, 0.717) is 6.54 Å². The standard InChI is InChI=1S/C13H12BrFN2O2S/c14-10-3-1-2-9(6-10)8-17-13-5-4-11(7-12(13)15)20(16,18)19/h1-7,17H,8H2,(H2,16,18,19). The number of halogens is 2. The molecule has 0 heterocycles. The van der Waals surface area contributed by atoms with Gasteiger partial charge in [-0.05, 0) is 35.9 Å². The first kappa shape index (κ1) is 15.0. The molecule has 7 heteroatoms. The third-order valence-corrected chi connectivity index (χ3v) is 4.05. The van der Waals surface area contributed by atoms with Crippen molar-refractivity contribution in [3.63, 3.8) is 0 Å². The Hall–Kier alpha value is -1.44. The van der Waals surface area contributed by atoms with Crippen LogP contribution in [0.2, 0.25) is 0 Å². The van der Waals surface area contributed by atoms with Crippen LogP contribution in [0.4, 0.5) is 10.1 Å². The number of nitrogens with one attached hydrogen (secondary N) is 1. The van der Waals surface area contributed by atoms with Gasteiger partial charge in [0.25, 0.3) is 0 Å². The summed E-state index contributed by atoms with van der Waals surface area (Å²) in [5, 5.41) is 7.84. The average molecular weight is 359 g/mol. The van der Waals surface area contributed by atoms with Crippen molar-refractivity contribution < 1.29 is 12.8 Å². The van der Waals surface area contributed by atoms with Gasteiger partial charge in [0.15, 0.2) is 0 Å². The van der Waals surface area contributed by atoms with Crippen LogP contribution in [0.3, 0.4) is 0 Å². The molecule has 0 spiro atoms. The van der Waals surface area contributed by atoms with Crippen LogP contribution in [-0.2, 0) is 16.6 Å². The van der Waals surface area contributed by atoms with Gasteiger partial charge in [-0.2, -0.15) is 0 Å². The van der Waals surface area contributed by atoms with Crippen molar-refractivity contribution in [2.24, 2.45) is 5.14 Å². The molecule has 0 radical (unpaired) electrons. The lowest BCUT2D eigenvalue weighted by Gasteiger charge is -2.09. The normalized spacial score (nSPS) is 11.3. The molecule has 20 heavy (non-hydrogen) atoms. The van der Waals surface area contributed by atoms with E-state index in [0.717, 1.165) is 16.1 Å². The highest BCUT2D eigenvalue weighted by molar-refractivity contribution is 9.10. The number of hydrogen-bond acceptors (Lipinski definition) is 3. The fourth-order valence-electron chi connectivity index (χ4n) is 1.66. The van der Waals surface area contributed by atoms with E-state index in [9.17, 15) is 12.8 Å². The fourth-order valence-corrected chi connectivity index (χ4v) is 2.63. The molecule has 0 saturated heterocycles. The molecule has 2 aromatic rings. The van der Waals surface area contributed by atoms with Gasteiger partial charge in [0.2, 0.25) is 10.0 Å².